The second kappa shape index (κ2) is 8.01. The van der Waals surface area contributed by atoms with Crippen LogP contribution in [-0.2, 0) is 11.3 Å². The Hall–Kier alpha value is -2.87. The fourth-order valence-electron chi connectivity index (χ4n) is 2.56. The molecule has 2 aromatic heterocycles. The molecule has 1 fully saturated rings. The highest BCUT2D eigenvalue weighted by molar-refractivity contribution is 5.94. The van der Waals surface area contributed by atoms with Gasteiger partial charge in [0.2, 0.25) is 0 Å². The Bertz CT molecular complexity index is 764. The Morgan fingerprint density at radius 1 is 1.19 bits per heavy atom. The van der Waals surface area contributed by atoms with Gasteiger partial charge < -0.3 is 24.3 Å². The molecule has 0 spiro atoms. The van der Waals surface area contributed by atoms with Crippen molar-refractivity contribution in [2.45, 2.75) is 6.54 Å². The molecule has 1 saturated heterocycles. The highest BCUT2D eigenvalue weighted by Crippen LogP contribution is 2.13. The van der Waals surface area contributed by atoms with Crippen LogP contribution in [0.3, 0.4) is 0 Å². The number of rotatable bonds is 5. The van der Waals surface area contributed by atoms with Crippen molar-refractivity contribution in [2.24, 2.45) is 0 Å². The topological polar surface area (TPSA) is 87.9 Å². The number of ether oxygens (including phenoxy) is 1. The van der Waals surface area contributed by atoms with Gasteiger partial charge in [-0.25, -0.2) is 4.98 Å². The molecule has 1 aliphatic heterocycles. The van der Waals surface area contributed by atoms with Gasteiger partial charge in [-0.05, 0) is 24.3 Å². The number of hydrogen-bond acceptors (Lipinski definition) is 6. The molecule has 8 nitrogen and oxygen atoms in total. The molecule has 3 heterocycles. The summed E-state index contributed by atoms with van der Waals surface area (Å²) in [6, 6.07) is 6.90. The second-order valence-corrected chi connectivity index (χ2v) is 6.16. The predicted molar refractivity (Wildman–Crippen MR) is 95.0 cm³/mol. The van der Waals surface area contributed by atoms with E-state index in [0.717, 1.165) is 0 Å². The summed E-state index contributed by atoms with van der Waals surface area (Å²) < 4.78 is 10.8. The molecular formula is C18H22N4O4. The quantitative estimate of drug-likeness (QED) is 0.871. The molecule has 138 valence electrons. The minimum Gasteiger partial charge on any atom is -0.454 e. The molecule has 3 rings (SSSR count). The summed E-state index contributed by atoms with van der Waals surface area (Å²) >= 11 is 0. The van der Waals surface area contributed by atoms with Crippen LogP contribution in [0.1, 0.15) is 26.7 Å². The Morgan fingerprint density at radius 3 is 2.62 bits per heavy atom. The van der Waals surface area contributed by atoms with Crippen LogP contribution in [0.25, 0.3) is 0 Å². The van der Waals surface area contributed by atoms with Crippen molar-refractivity contribution >= 4 is 17.6 Å². The fourth-order valence-corrected chi connectivity index (χ4v) is 2.56. The van der Waals surface area contributed by atoms with Crippen LogP contribution in [0.5, 0.6) is 0 Å². The van der Waals surface area contributed by atoms with Crippen LogP contribution in [0.2, 0.25) is 0 Å². The van der Waals surface area contributed by atoms with E-state index >= 15 is 0 Å². The van der Waals surface area contributed by atoms with Crippen LogP contribution in [0.15, 0.2) is 34.9 Å². The molecule has 0 atom stereocenters. The zero-order valence-corrected chi connectivity index (χ0v) is 14.9. The van der Waals surface area contributed by atoms with E-state index in [1.54, 1.807) is 49.5 Å². The van der Waals surface area contributed by atoms with Crippen molar-refractivity contribution in [2.75, 3.05) is 45.7 Å². The molecule has 0 aliphatic carbocycles. The summed E-state index contributed by atoms with van der Waals surface area (Å²) in [6.45, 7) is 2.74. The maximum absolute atomic E-state index is 12.4. The number of hydrogen-bond donors (Lipinski definition) is 1. The van der Waals surface area contributed by atoms with Gasteiger partial charge >= 0.3 is 0 Å². The predicted octanol–water partition coefficient (Wildman–Crippen LogP) is 1.46. The maximum atomic E-state index is 12.4. The standard InChI is InChI=1S/C18H22N4O4/c1-21(2)18(24)15-5-4-14(26-15)12-20-16-6-3-13(11-19-16)17(23)22-7-9-25-10-8-22/h3-6,11H,7-10,12H2,1-2H3,(H,19,20). The van der Waals surface area contributed by atoms with Crippen molar-refractivity contribution in [3.05, 3.63) is 47.5 Å². The van der Waals surface area contributed by atoms with Crippen LogP contribution in [0, 0.1) is 0 Å². The van der Waals surface area contributed by atoms with E-state index in [4.69, 9.17) is 9.15 Å². The molecule has 2 aromatic rings. The van der Waals surface area contributed by atoms with Crippen LogP contribution < -0.4 is 5.32 Å². The molecule has 1 N–H and O–H groups in total. The molecule has 0 bridgehead atoms. The number of carbonyl (C=O) groups is 2. The summed E-state index contributed by atoms with van der Waals surface area (Å²) in [5.41, 5.74) is 0.550. The molecular weight excluding hydrogens is 336 g/mol. The number of furan rings is 1. The van der Waals surface area contributed by atoms with E-state index in [9.17, 15) is 9.59 Å². The summed E-state index contributed by atoms with van der Waals surface area (Å²) in [5, 5.41) is 3.11. The highest BCUT2D eigenvalue weighted by atomic mass is 16.5. The van der Waals surface area contributed by atoms with Gasteiger partial charge in [-0.15, -0.1) is 0 Å². The van der Waals surface area contributed by atoms with Crippen molar-refractivity contribution < 1.29 is 18.7 Å². The Labute approximate surface area is 151 Å². The summed E-state index contributed by atoms with van der Waals surface area (Å²) in [4.78, 5) is 31.7. The average Bonchev–Trinajstić information content (AvgIpc) is 3.15. The lowest BCUT2D eigenvalue weighted by atomic mass is 10.2. The molecule has 1 aliphatic rings. The van der Waals surface area contributed by atoms with Gasteiger partial charge in [-0.1, -0.05) is 0 Å². The summed E-state index contributed by atoms with van der Waals surface area (Å²) in [6.07, 6.45) is 1.56. The number of anilines is 1. The third-order valence-electron chi connectivity index (χ3n) is 4.03. The zero-order valence-electron chi connectivity index (χ0n) is 14.9. The molecule has 26 heavy (non-hydrogen) atoms. The number of amides is 2. The third-order valence-corrected chi connectivity index (χ3v) is 4.03. The number of pyridine rings is 1. The molecule has 8 heteroatoms. The lowest BCUT2D eigenvalue weighted by molar-refractivity contribution is 0.0302. The lowest BCUT2D eigenvalue weighted by Gasteiger charge is -2.26. The number of aromatic nitrogens is 1. The van der Waals surface area contributed by atoms with E-state index in [2.05, 4.69) is 10.3 Å². The Morgan fingerprint density at radius 2 is 1.96 bits per heavy atom. The summed E-state index contributed by atoms with van der Waals surface area (Å²) in [7, 11) is 3.35. The van der Waals surface area contributed by atoms with Gasteiger partial charge in [0, 0.05) is 33.4 Å². The van der Waals surface area contributed by atoms with E-state index in [1.165, 1.54) is 4.90 Å². The van der Waals surface area contributed by atoms with E-state index in [-0.39, 0.29) is 11.8 Å². The van der Waals surface area contributed by atoms with Crippen LogP contribution in [0.4, 0.5) is 5.82 Å². The summed E-state index contributed by atoms with van der Waals surface area (Å²) in [5.74, 6) is 1.34. The minimum atomic E-state index is -0.180. The van der Waals surface area contributed by atoms with Gasteiger partial charge in [0.25, 0.3) is 11.8 Å². The Kier molecular flexibility index (Phi) is 5.52. The minimum absolute atomic E-state index is 0.0368. The lowest BCUT2D eigenvalue weighted by Crippen LogP contribution is -2.40. The SMILES string of the molecule is CN(C)C(=O)c1ccc(CNc2ccc(C(=O)N3CCOCC3)cn2)o1. The largest absolute Gasteiger partial charge is 0.454 e. The highest BCUT2D eigenvalue weighted by Gasteiger charge is 2.18. The molecule has 2 amide bonds. The van der Waals surface area contributed by atoms with E-state index < -0.39 is 0 Å². The molecule has 0 radical (unpaired) electrons. The molecule has 0 saturated carbocycles. The van der Waals surface area contributed by atoms with Crippen molar-refractivity contribution in [1.29, 1.82) is 0 Å². The van der Waals surface area contributed by atoms with E-state index in [0.29, 0.717) is 55.7 Å². The van der Waals surface area contributed by atoms with Crippen molar-refractivity contribution in [3.8, 4) is 0 Å². The van der Waals surface area contributed by atoms with Gasteiger partial charge in [0.1, 0.15) is 11.6 Å². The number of morpholine rings is 1. The number of nitrogens with one attached hydrogen (secondary N) is 1. The monoisotopic (exact) mass is 358 g/mol. The zero-order chi connectivity index (χ0) is 18.5. The first-order chi connectivity index (χ1) is 12.5. The van der Waals surface area contributed by atoms with E-state index in [1.807, 2.05) is 0 Å². The van der Waals surface area contributed by atoms with Crippen LogP contribution in [-0.4, -0.2) is 67.0 Å². The normalized spacial score (nSPS) is 14.2. The smallest absolute Gasteiger partial charge is 0.289 e. The van der Waals surface area contributed by atoms with Crippen molar-refractivity contribution in [3.63, 3.8) is 0 Å². The van der Waals surface area contributed by atoms with Gasteiger partial charge in [-0.2, -0.15) is 0 Å². The second-order valence-electron chi connectivity index (χ2n) is 6.16. The molecule has 0 aromatic carbocycles. The first-order valence-electron chi connectivity index (χ1n) is 8.42. The average molecular weight is 358 g/mol. The maximum Gasteiger partial charge on any atom is 0.289 e. The fraction of sp³-hybridized carbons (Fsp3) is 0.389. The van der Waals surface area contributed by atoms with Gasteiger partial charge in [0.05, 0.1) is 25.3 Å². The molecule has 0 unspecified atom stereocenters. The first kappa shape index (κ1) is 17.9. The Balaban J connectivity index is 1.56. The third kappa shape index (κ3) is 4.20. The van der Waals surface area contributed by atoms with Crippen LogP contribution >= 0.6 is 0 Å². The van der Waals surface area contributed by atoms with Crippen molar-refractivity contribution in [1.82, 2.24) is 14.8 Å². The van der Waals surface area contributed by atoms with Gasteiger partial charge in [0.15, 0.2) is 5.76 Å². The number of nitrogens with zero attached hydrogens (tertiary/aromatic N) is 3. The van der Waals surface area contributed by atoms with Gasteiger partial charge in [-0.3, -0.25) is 9.59 Å². The first-order valence-corrected chi connectivity index (χ1v) is 8.42. The number of carbonyl (C=O) groups excluding carboxylic acids is 2.